The highest BCUT2D eigenvalue weighted by Crippen LogP contribution is 2.22. The van der Waals surface area contributed by atoms with E-state index in [4.69, 9.17) is 10.5 Å². The van der Waals surface area contributed by atoms with Crippen molar-refractivity contribution in [1.29, 1.82) is 0 Å². The molecule has 1 aromatic rings. The Morgan fingerprint density at radius 2 is 2.31 bits per heavy atom. The van der Waals surface area contributed by atoms with Crippen molar-refractivity contribution in [1.82, 2.24) is 4.98 Å². The molecule has 4 nitrogen and oxygen atoms in total. The van der Waals surface area contributed by atoms with Gasteiger partial charge in [0.15, 0.2) is 0 Å². The summed E-state index contributed by atoms with van der Waals surface area (Å²) in [6.07, 6.45) is 1.71. The number of anilines is 2. The number of hydrogen-bond donors (Lipinski definition) is 1. The maximum Gasteiger partial charge on any atom is 0.129 e. The molecule has 1 saturated heterocycles. The van der Waals surface area contributed by atoms with Crippen LogP contribution in [0.25, 0.3) is 0 Å². The average molecular weight is 221 g/mol. The second-order valence-electron chi connectivity index (χ2n) is 4.53. The molecule has 2 rings (SSSR count). The van der Waals surface area contributed by atoms with Crippen molar-refractivity contribution in [2.45, 2.75) is 19.9 Å². The molecule has 4 heteroatoms. The predicted molar refractivity (Wildman–Crippen MR) is 65.4 cm³/mol. The Morgan fingerprint density at radius 3 is 2.94 bits per heavy atom. The molecule has 1 atom stereocenters. The zero-order valence-electron chi connectivity index (χ0n) is 9.89. The summed E-state index contributed by atoms with van der Waals surface area (Å²) < 4.78 is 5.52. The van der Waals surface area contributed by atoms with E-state index < -0.39 is 0 Å². The van der Waals surface area contributed by atoms with E-state index in [1.165, 1.54) is 0 Å². The maximum absolute atomic E-state index is 5.64. The van der Waals surface area contributed by atoms with E-state index in [1.807, 2.05) is 12.1 Å². The Bertz CT molecular complexity index is 337. The fourth-order valence-corrected chi connectivity index (χ4v) is 2.03. The zero-order valence-corrected chi connectivity index (χ0v) is 9.89. The van der Waals surface area contributed by atoms with E-state index in [0.717, 1.165) is 25.6 Å². The Kier molecular flexibility index (Phi) is 3.29. The number of nitrogen functional groups attached to an aromatic ring is 1. The molecule has 88 valence electrons. The number of rotatable bonds is 2. The SMILES string of the molecule is CC(C)[C@H]1COCCN1c1ccc(N)cn1. The monoisotopic (exact) mass is 221 g/mol. The van der Waals surface area contributed by atoms with Crippen molar-refractivity contribution in [3.8, 4) is 0 Å². The topological polar surface area (TPSA) is 51.4 Å². The van der Waals surface area contributed by atoms with Crippen LogP contribution in [-0.2, 0) is 4.74 Å². The molecule has 1 fully saturated rings. The fraction of sp³-hybridized carbons (Fsp3) is 0.583. The maximum atomic E-state index is 5.64. The molecular formula is C12H19N3O. The fourth-order valence-electron chi connectivity index (χ4n) is 2.03. The van der Waals surface area contributed by atoms with Gasteiger partial charge in [0, 0.05) is 6.54 Å². The van der Waals surface area contributed by atoms with Gasteiger partial charge in [0.1, 0.15) is 5.82 Å². The first-order valence-electron chi connectivity index (χ1n) is 5.74. The Morgan fingerprint density at radius 1 is 1.50 bits per heavy atom. The van der Waals surface area contributed by atoms with Crippen molar-refractivity contribution in [3.63, 3.8) is 0 Å². The Balaban J connectivity index is 2.19. The minimum Gasteiger partial charge on any atom is -0.397 e. The third-order valence-electron chi connectivity index (χ3n) is 3.00. The van der Waals surface area contributed by atoms with E-state index >= 15 is 0 Å². The molecule has 0 amide bonds. The molecule has 0 saturated carbocycles. The number of nitrogens with two attached hydrogens (primary N) is 1. The second-order valence-corrected chi connectivity index (χ2v) is 4.53. The average Bonchev–Trinajstić information content (AvgIpc) is 2.30. The normalized spacial score (nSPS) is 21.4. The van der Waals surface area contributed by atoms with Crippen LogP contribution in [0.4, 0.5) is 11.5 Å². The van der Waals surface area contributed by atoms with Gasteiger partial charge in [0.25, 0.3) is 0 Å². The largest absolute Gasteiger partial charge is 0.397 e. The van der Waals surface area contributed by atoms with Gasteiger partial charge in [-0.2, -0.15) is 0 Å². The van der Waals surface area contributed by atoms with Crippen molar-refractivity contribution in [2.75, 3.05) is 30.4 Å². The number of pyridine rings is 1. The van der Waals surface area contributed by atoms with Gasteiger partial charge in [0.05, 0.1) is 31.1 Å². The lowest BCUT2D eigenvalue weighted by Gasteiger charge is -2.38. The summed E-state index contributed by atoms with van der Waals surface area (Å²) in [5, 5.41) is 0. The van der Waals surface area contributed by atoms with Crippen molar-refractivity contribution in [2.24, 2.45) is 5.92 Å². The van der Waals surface area contributed by atoms with E-state index in [-0.39, 0.29) is 0 Å². The van der Waals surface area contributed by atoms with Crippen LogP contribution in [0.1, 0.15) is 13.8 Å². The lowest BCUT2D eigenvalue weighted by atomic mass is 10.0. The van der Waals surface area contributed by atoms with Gasteiger partial charge < -0.3 is 15.4 Å². The summed E-state index contributed by atoms with van der Waals surface area (Å²) in [6, 6.07) is 4.29. The Labute approximate surface area is 96.4 Å². The highest BCUT2D eigenvalue weighted by atomic mass is 16.5. The van der Waals surface area contributed by atoms with Crippen LogP contribution in [0.5, 0.6) is 0 Å². The van der Waals surface area contributed by atoms with Crippen LogP contribution in [0, 0.1) is 5.92 Å². The lowest BCUT2D eigenvalue weighted by Crippen LogP contribution is -2.48. The molecule has 0 radical (unpaired) electrons. The first kappa shape index (κ1) is 11.2. The number of morpholine rings is 1. The summed E-state index contributed by atoms with van der Waals surface area (Å²) >= 11 is 0. The summed E-state index contributed by atoms with van der Waals surface area (Å²) in [6.45, 7) is 6.88. The van der Waals surface area contributed by atoms with Crippen molar-refractivity contribution in [3.05, 3.63) is 18.3 Å². The lowest BCUT2D eigenvalue weighted by molar-refractivity contribution is 0.0802. The van der Waals surface area contributed by atoms with Crippen LogP contribution < -0.4 is 10.6 Å². The van der Waals surface area contributed by atoms with Gasteiger partial charge in [-0.3, -0.25) is 0 Å². The third kappa shape index (κ3) is 2.27. The van der Waals surface area contributed by atoms with Crippen molar-refractivity contribution < 1.29 is 4.74 Å². The van der Waals surface area contributed by atoms with E-state index in [2.05, 4.69) is 23.7 Å². The Hall–Kier alpha value is -1.29. The van der Waals surface area contributed by atoms with E-state index in [9.17, 15) is 0 Å². The van der Waals surface area contributed by atoms with Crippen LogP contribution in [0.2, 0.25) is 0 Å². The van der Waals surface area contributed by atoms with Gasteiger partial charge in [-0.1, -0.05) is 13.8 Å². The second kappa shape index (κ2) is 4.70. The molecule has 0 aromatic carbocycles. The summed E-state index contributed by atoms with van der Waals surface area (Å²) in [4.78, 5) is 6.69. The summed E-state index contributed by atoms with van der Waals surface area (Å²) in [5.41, 5.74) is 6.35. The smallest absolute Gasteiger partial charge is 0.129 e. The van der Waals surface area contributed by atoms with Crippen molar-refractivity contribution >= 4 is 11.5 Å². The van der Waals surface area contributed by atoms with Gasteiger partial charge in [-0.25, -0.2) is 4.98 Å². The molecule has 2 heterocycles. The van der Waals surface area contributed by atoms with Gasteiger partial charge in [-0.15, -0.1) is 0 Å². The number of hydrogen-bond acceptors (Lipinski definition) is 4. The van der Waals surface area contributed by atoms with E-state index in [0.29, 0.717) is 17.6 Å². The molecule has 0 bridgehead atoms. The molecule has 0 spiro atoms. The highest BCUT2D eigenvalue weighted by molar-refractivity contribution is 5.46. The van der Waals surface area contributed by atoms with Crippen LogP contribution in [0.15, 0.2) is 18.3 Å². The molecule has 16 heavy (non-hydrogen) atoms. The first-order valence-corrected chi connectivity index (χ1v) is 5.74. The molecule has 2 N–H and O–H groups in total. The standard InChI is InChI=1S/C12H19N3O/c1-9(2)11-8-16-6-5-15(11)12-4-3-10(13)7-14-12/h3-4,7,9,11H,5-6,8,13H2,1-2H3/t11-/m1/s1. The van der Waals surface area contributed by atoms with Crippen LogP contribution in [0.3, 0.4) is 0 Å². The minimum atomic E-state index is 0.407. The number of nitrogens with zero attached hydrogens (tertiary/aromatic N) is 2. The number of aromatic nitrogens is 1. The molecule has 1 aromatic heterocycles. The zero-order chi connectivity index (χ0) is 11.5. The van der Waals surface area contributed by atoms with Gasteiger partial charge in [-0.05, 0) is 18.1 Å². The molecule has 1 aliphatic heterocycles. The van der Waals surface area contributed by atoms with E-state index in [1.54, 1.807) is 6.20 Å². The summed E-state index contributed by atoms with van der Waals surface area (Å²) in [5.74, 6) is 1.55. The molecule has 0 unspecified atom stereocenters. The van der Waals surface area contributed by atoms with Gasteiger partial charge in [0.2, 0.25) is 0 Å². The number of ether oxygens (including phenoxy) is 1. The first-order chi connectivity index (χ1) is 7.68. The van der Waals surface area contributed by atoms with Crippen LogP contribution in [-0.4, -0.2) is 30.8 Å². The third-order valence-corrected chi connectivity index (χ3v) is 3.00. The quantitative estimate of drug-likeness (QED) is 0.822. The van der Waals surface area contributed by atoms with Crippen LogP contribution >= 0.6 is 0 Å². The van der Waals surface area contributed by atoms with Gasteiger partial charge >= 0.3 is 0 Å². The molecule has 0 aliphatic carbocycles. The highest BCUT2D eigenvalue weighted by Gasteiger charge is 2.26. The minimum absolute atomic E-state index is 0.407. The molecule has 1 aliphatic rings. The molecular weight excluding hydrogens is 202 g/mol. The predicted octanol–water partition coefficient (Wildman–Crippen LogP) is 1.53. The summed E-state index contributed by atoms with van der Waals surface area (Å²) in [7, 11) is 0.